The molecule has 1 heterocycles. The van der Waals surface area contributed by atoms with Crippen molar-refractivity contribution < 1.29 is 0 Å². The number of hydrogen-bond donors (Lipinski definition) is 1. The van der Waals surface area contributed by atoms with Gasteiger partial charge in [0.15, 0.2) is 0 Å². The van der Waals surface area contributed by atoms with E-state index in [2.05, 4.69) is 4.90 Å². The predicted octanol–water partition coefficient (Wildman–Crippen LogP) is 1.99. The molecule has 1 saturated heterocycles. The average Bonchev–Trinajstić information content (AvgIpc) is 2.60. The highest BCUT2D eigenvalue weighted by molar-refractivity contribution is 4.80. The third-order valence-corrected chi connectivity index (χ3v) is 3.91. The number of rotatable bonds is 2. The van der Waals surface area contributed by atoms with Crippen LogP contribution < -0.4 is 5.73 Å². The second-order valence-electron chi connectivity index (χ2n) is 5.07. The van der Waals surface area contributed by atoms with Gasteiger partial charge in [-0.2, -0.15) is 0 Å². The lowest BCUT2D eigenvalue weighted by atomic mass is 9.95. The molecule has 0 radical (unpaired) electrons. The standard InChI is InChI=1S/C12H24N2/c13-12-7-3-1-2-6-11(12)10-14-8-4-5-9-14/h11-12H,1-10,13H2. The SMILES string of the molecule is NC1CCCCCC1CN1CCCC1. The van der Waals surface area contributed by atoms with Crippen molar-refractivity contribution in [2.45, 2.75) is 51.0 Å². The summed E-state index contributed by atoms with van der Waals surface area (Å²) in [5.41, 5.74) is 6.23. The van der Waals surface area contributed by atoms with Crippen LogP contribution in [0.3, 0.4) is 0 Å². The van der Waals surface area contributed by atoms with Crippen molar-refractivity contribution in [2.75, 3.05) is 19.6 Å². The first-order valence-corrected chi connectivity index (χ1v) is 6.34. The van der Waals surface area contributed by atoms with Crippen LogP contribution >= 0.6 is 0 Å². The molecule has 0 aromatic rings. The lowest BCUT2D eigenvalue weighted by Gasteiger charge is -2.26. The van der Waals surface area contributed by atoms with Gasteiger partial charge in [-0.1, -0.05) is 19.3 Å². The fraction of sp³-hybridized carbons (Fsp3) is 1.00. The van der Waals surface area contributed by atoms with Gasteiger partial charge in [-0.3, -0.25) is 0 Å². The maximum absolute atomic E-state index is 6.23. The first-order valence-electron chi connectivity index (χ1n) is 6.34. The lowest BCUT2D eigenvalue weighted by Crippen LogP contribution is -2.37. The summed E-state index contributed by atoms with van der Waals surface area (Å²) in [6.07, 6.45) is 9.62. The van der Waals surface area contributed by atoms with Gasteiger partial charge in [-0.05, 0) is 44.7 Å². The molecule has 2 heteroatoms. The minimum atomic E-state index is 0.484. The van der Waals surface area contributed by atoms with Gasteiger partial charge in [-0.15, -0.1) is 0 Å². The molecule has 2 aliphatic rings. The van der Waals surface area contributed by atoms with Crippen molar-refractivity contribution >= 4 is 0 Å². The van der Waals surface area contributed by atoms with Crippen LogP contribution in [0, 0.1) is 5.92 Å². The number of likely N-dealkylation sites (tertiary alicyclic amines) is 1. The van der Waals surface area contributed by atoms with Gasteiger partial charge in [0.1, 0.15) is 0 Å². The fourth-order valence-corrected chi connectivity index (χ4v) is 2.94. The van der Waals surface area contributed by atoms with Crippen molar-refractivity contribution in [3.8, 4) is 0 Å². The van der Waals surface area contributed by atoms with Crippen molar-refractivity contribution in [1.82, 2.24) is 4.90 Å². The third-order valence-electron chi connectivity index (χ3n) is 3.91. The normalized spacial score (nSPS) is 35.8. The van der Waals surface area contributed by atoms with Gasteiger partial charge in [0, 0.05) is 12.6 Å². The van der Waals surface area contributed by atoms with Crippen molar-refractivity contribution in [1.29, 1.82) is 0 Å². The molecule has 2 rings (SSSR count). The molecular formula is C12H24N2. The van der Waals surface area contributed by atoms with E-state index in [0.717, 1.165) is 5.92 Å². The minimum absolute atomic E-state index is 0.484. The maximum atomic E-state index is 6.23. The lowest BCUT2D eigenvalue weighted by molar-refractivity contribution is 0.243. The first kappa shape index (κ1) is 10.4. The maximum Gasteiger partial charge on any atom is 0.00793 e. The summed E-state index contributed by atoms with van der Waals surface area (Å²) in [6.45, 7) is 3.92. The zero-order valence-electron chi connectivity index (χ0n) is 9.25. The summed E-state index contributed by atoms with van der Waals surface area (Å²) in [4.78, 5) is 2.62. The Morgan fingerprint density at radius 1 is 0.929 bits per heavy atom. The van der Waals surface area contributed by atoms with E-state index in [-0.39, 0.29) is 0 Å². The van der Waals surface area contributed by atoms with Crippen LogP contribution in [0.4, 0.5) is 0 Å². The molecule has 0 spiro atoms. The smallest absolute Gasteiger partial charge is 0.00793 e. The van der Waals surface area contributed by atoms with E-state index in [9.17, 15) is 0 Å². The molecule has 2 atom stereocenters. The Balaban J connectivity index is 1.81. The third kappa shape index (κ3) is 2.71. The Labute approximate surface area is 87.8 Å². The van der Waals surface area contributed by atoms with E-state index in [4.69, 9.17) is 5.73 Å². The van der Waals surface area contributed by atoms with Gasteiger partial charge in [0.25, 0.3) is 0 Å². The molecule has 82 valence electrons. The molecule has 2 nitrogen and oxygen atoms in total. The van der Waals surface area contributed by atoms with Crippen molar-refractivity contribution in [3.63, 3.8) is 0 Å². The molecule has 0 bridgehead atoms. The summed E-state index contributed by atoms with van der Waals surface area (Å²) in [5.74, 6) is 0.788. The van der Waals surface area contributed by atoms with Crippen LogP contribution in [0.15, 0.2) is 0 Å². The number of hydrogen-bond acceptors (Lipinski definition) is 2. The Bertz CT molecular complexity index is 164. The summed E-state index contributed by atoms with van der Waals surface area (Å²) in [5, 5.41) is 0. The van der Waals surface area contributed by atoms with Gasteiger partial charge < -0.3 is 10.6 Å². The van der Waals surface area contributed by atoms with Crippen molar-refractivity contribution in [3.05, 3.63) is 0 Å². The Morgan fingerprint density at radius 3 is 2.43 bits per heavy atom. The molecule has 2 N–H and O–H groups in total. The molecule has 2 unspecified atom stereocenters. The van der Waals surface area contributed by atoms with E-state index in [1.54, 1.807) is 0 Å². The first-order chi connectivity index (χ1) is 6.86. The topological polar surface area (TPSA) is 29.3 Å². The Morgan fingerprint density at radius 2 is 1.64 bits per heavy atom. The summed E-state index contributed by atoms with van der Waals surface area (Å²) < 4.78 is 0. The van der Waals surface area contributed by atoms with Crippen LogP contribution in [0.2, 0.25) is 0 Å². The number of nitrogens with zero attached hydrogens (tertiary/aromatic N) is 1. The van der Waals surface area contributed by atoms with Gasteiger partial charge in [0.05, 0.1) is 0 Å². The highest BCUT2D eigenvalue weighted by Gasteiger charge is 2.23. The Kier molecular flexibility index (Phi) is 3.82. The van der Waals surface area contributed by atoms with E-state index < -0.39 is 0 Å². The van der Waals surface area contributed by atoms with Crippen LogP contribution in [-0.4, -0.2) is 30.6 Å². The Hall–Kier alpha value is -0.0800. The summed E-state index contributed by atoms with van der Waals surface area (Å²) >= 11 is 0. The minimum Gasteiger partial charge on any atom is -0.327 e. The van der Waals surface area contributed by atoms with Crippen molar-refractivity contribution in [2.24, 2.45) is 11.7 Å². The monoisotopic (exact) mass is 196 g/mol. The van der Waals surface area contributed by atoms with Crippen LogP contribution in [0.25, 0.3) is 0 Å². The van der Waals surface area contributed by atoms with Gasteiger partial charge >= 0.3 is 0 Å². The second-order valence-corrected chi connectivity index (χ2v) is 5.07. The second kappa shape index (κ2) is 5.13. The molecule has 2 fully saturated rings. The molecule has 14 heavy (non-hydrogen) atoms. The number of nitrogens with two attached hydrogens (primary N) is 1. The molecule has 1 aliphatic heterocycles. The van der Waals surface area contributed by atoms with E-state index in [0.29, 0.717) is 6.04 Å². The van der Waals surface area contributed by atoms with E-state index in [1.165, 1.54) is 64.6 Å². The molecule has 1 saturated carbocycles. The molecular weight excluding hydrogens is 172 g/mol. The zero-order valence-corrected chi connectivity index (χ0v) is 9.25. The van der Waals surface area contributed by atoms with Gasteiger partial charge in [0.2, 0.25) is 0 Å². The van der Waals surface area contributed by atoms with Crippen LogP contribution in [0.5, 0.6) is 0 Å². The quantitative estimate of drug-likeness (QED) is 0.684. The average molecular weight is 196 g/mol. The predicted molar refractivity (Wildman–Crippen MR) is 60.2 cm³/mol. The zero-order chi connectivity index (χ0) is 9.80. The van der Waals surface area contributed by atoms with Crippen LogP contribution in [-0.2, 0) is 0 Å². The van der Waals surface area contributed by atoms with E-state index >= 15 is 0 Å². The molecule has 1 aliphatic carbocycles. The van der Waals surface area contributed by atoms with E-state index in [1.807, 2.05) is 0 Å². The largest absolute Gasteiger partial charge is 0.327 e. The van der Waals surface area contributed by atoms with Crippen LogP contribution in [0.1, 0.15) is 44.9 Å². The highest BCUT2D eigenvalue weighted by Crippen LogP contribution is 2.24. The van der Waals surface area contributed by atoms with Gasteiger partial charge in [-0.25, -0.2) is 0 Å². The summed E-state index contributed by atoms with van der Waals surface area (Å²) in [7, 11) is 0. The highest BCUT2D eigenvalue weighted by atomic mass is 15.1. The summed E-state index contributed by atoms with van der Waals surface area (Å²) in [6, 6.07) is 0.484. The molecule has 0 amide bonds. The fourth-order valence-electron chi connectivity index (χ4n) is 2.94. The molecule has 0 aromatic heterocycles. The molecule has 0 aromatic carbocycles.